The van der Waals surface area contributed by atoms with Crippen molar-refractivity contribution >= 4 is 17.8 Å². The number of aromatic nitrogens is 1. The van der Waals surface area contributed by atoms with Crippen LogP contribution in [0, 0.1) is 30.9 Å². The van der Waals surface area contributed by atoms with Crippen molar-refractivity contribution in [2.75, 3.05) is 7.11 Å². The van der Waals surface area contributed by atoms with Crippen LogP contribution in [-0.2, 0) is 0 Å². The van der Waals surface area contributed by atoms with E-state index in [1.807, 2.05) is 43.5 Å². The Labute approximate surface area is 173 Å². The Hall–Kier alpha value is -3.94. The number of nitrogens with zero attached hydrogens (tertiary/aromatic N) is 3. The molecule has 1 aromatic heterocycles. The third-order valence-electron chi connectivity index (χ3n) is 4.84. The SMILES string of the molecule is COc1cc([N+](=O)[O-])ccc1-n1c(C)cc(/C=N/NC(=O)c2ccccc2C)c1C. The van der Waals surface area contributed by atoms with Gasteiger partial charge in [0.05, 0.1) is 30.0 Å². The van der Waals surface area contributed by atoms with Gasteiger partial charge in [-0.3, -0.25) is 14.9 Å². The summed E-state index contributed by atoms with van der Waals surface area (Å²) >= 11 is 0. The van der Waals surface area contributed by atoms with Crippen LogP contribution in [0.25, 0.3) is 5.69 Å². The fourth-order valence-corrected chi connectivity index (χ4v) is 3.30. The molecule has 3 rings (SSSR count). The van der Waals surface area contributed by atoms with E-state index in [1.165, 1.54) is 19.2 Å². The zero-order chi connectivity index (χ0) is 21.8. The Morgan fingerprint density at radius 2 is 1.90 bits per heavy atom. The largest absolute Gasteiger partial charge is 0.494 e. The average molecular weight is 406 g/mol. The Balaban J connectivity index is 1.88. The molecule has 0 unspecified atom stereocenters. The van der Waals surface area contributed by atoms with E-state index in [1.54, 1.807) is 24.4 Å². The van der Waals surface area contributed by atoms with Gasteiger partial charge in [-0.25, -0.2) is 5.43 Å². The highest BCUT2D eigenvalue weighted by atomic mass is 16.6. The van der Waals surface area contributed by atoms with Gasteiger partial charge < -0.3 is 9.30 Å². The van der Waals surface area contributed by atoms with E-state index in [-0.39, 0.29) is 11.6 Å². The number of benzene rings is 2. The highest BCUT2D eigenvalue weighted by Crippen LogP contribution is 2.31. The number of hydrazone groups is 1. The van der Waals surface area contributed by atoms with Gasteiger partial charge in [0, 0.05) is 28.6 Å². The molecule has 8 nitrogen and oxygen atoms in total. The van der Waals surface area contributed by atoms with Crippen LogP contribution in [0.15, 0.2) is 53.6 Å². The van der Waals surface area contributed by atoms with Crippen molar-refractivity contribution in [3.05, 3.63) is 86.7 Å². The molecule has 1 N–H and O–H groups in total. The first-order chi connectivity index (χ1) is 14.3. The van der Waals surface area contributed by atoms with Crippen molar-refractivity contribution in [3.8, 4) is 11.4 Å². The summed E-state index contributed by atoms with van der Waals surface area (Å²) in [6, 6.07) is 13.7. The molecule has 0 atom stereocenters. The van der Waals surface area contributed by atoms with Crippen LogP contribution in [0.5, 0.6) is 5.75 Å². The molecule has 0 spiro atoms. The highest BCUT2D eigenvalue weighted by Gasteiger charge is 2.17. The molecule has 30 heavy (non-hydrogen) atoms. The number of nitrogens with one attached hydrogen (secondary N) is 1. The van der Waals surface area contributed by atoms with Crippen LogP contribution < -0.4 is 10.2 Å². The topological polar surface area (TPSA) is 98.8 Å². The number of nitro benzene ring substituents is 1. The Morgan fingerprint density at radius 1 is 1.17 bits per heavy atom. The van der Waals surface area contributed by atoms with Crippen LogP contribution in [-0.4, -0.2) is 28.7 Å². The van der Waals surface area contributed by atoms with Crippen LogP contribution in [0.2, 0.25) is 0 Å². The Morgan fingerprint density at radius 3 is 2.57 bits per heavy atom. The predicted molar refractivity (Wildman–Crippen MR) is 115 cm³/mol. The number of ether oxygens (including phenoxy) is 1. The van der Waals surface area contributed by atoms with Crippen molar-refractivity contribution < 1.29 is 14.5 Å². The van der Waals surface area contributed by atoms with Crippen molar-refractivity contribution in [1.82, 2.24) is 9.99 Å². The summed E-state index contributed by atoms with van der Waals surface area (Å²) in [6.45, 7) is 5.68. The minimum atomic E-state index is -0.461. The number of hydrogen-bond acceptors (Lipinski definition) is 5. The maximum Gasteiger partial charge on any atom is 0.273 e. The lowest BCUT2D eigenvalue weighted by Crippen LogP contribution is -2.18. The normalized spacial score (nSPS) is 10.9. The molecule has 0 bridgehead atoms. The van der Waals surface area contributed by atoms with Gasteiger partial charge in [0.1, 0.15) is 5.75 Å². The second-order valence-electron chi connectivity index (χ2n) is 6.79. The first-order valence-electron chi connectivity index (χ1n) is 9.24. The molecular weight excluding hydrogens is 384 g/mol. The summed E-state index contributed by atoms with van der Waals surface area (Å²) in [7, 11) is 1.47. The fraction of sp³-hybridized carbons (Fsp3) is 0.182. The highest BCUT2D eigenvalue weighted by molar-refractivity contribution is 5.96. The van der Waals surface area contributed by atoms with E-state index in [9.17, 15) is 14.9 Å². The quantitative estimate of drug-likeness (QED) is 0.379. The molecule has 0 aliphatic heterocycles. The molecule has 8 heteroatoms. The molecule has 0 saturated carbocycles. The first-order valence-corrected chi connectivity index (χ1v) is 9.24. The van der Waals surface area contributed by atoms with Crippen molar-refractivity contribution in [1.29, 1.82) is 0 Å². The second-order valence-corrected chi connectivity index (χ2v) is 6.79. The lowest BCUT2D eigenvalue weighted by Gasteiger charge is -2.13. The van der Waals surface area contributed by atoms with E-state index >= 15 is 0 Å². The maximum absolute atomic E-state index is 12.3. The van der Waals surface area contributed by atoms with E-state index in [0.29, 0.717) is 17.0 Å². The molecule has 154 valence electrons. The minimum Gasteiger partial charge on any atom is -0.494 e. The van der Waals surface area contributed by atoms with Crippen molar-refractivity contribution in [2.24, 2.45) is 5.10 Å². The summed E-state index contributed by atoms with van der Waals surface area (Å²) in [6.07, 6.45) is 1.58. The number of amides is 1. The standard InChI is InChI=1S/C22H22N4O4/c1-14-7-5-6-8-19(14)22(27)24-23-13-17-11-15(2)25(16(17)3)20-10-9-18(26(28)29)12-21(20)30-4/h5-13H,1-4H3,(H,24,27)/b23-13+. The number of rotatable bonds is 6. The third-order valence-corrected chi connectivity index (χ3v) is 4.84. The van der Waals surface area contributed by atoms with Gasteiger partial charge in [-0.05, 0) is 44.5 Å². The summed E-state index contributed by atoms with van der Waals surface area (Å²) in [5.74, 6) is 0.109. The number of methoxy groups -OCH3 is 1. The molecule has 0 aliphatic rings. The van der Waals surface area contributed by atoms with Crippen molar-refractivity contribution in [2.45, 2.75) is 20.8 Å². The van der Waals surface area contributed by atoms with E-state index < -0.39 is 4.92 Å². The van der Waals surface area contributed by atoms with Crippen LogP contribution in [0.1, 0.15) is 32.9 Å². The van der Waals surface area contributed by atoms with Crippen LogP contribution in [0.4, 0.5) is 5.69 Å². The molecular formula is C22H22N4O4. The van der Waals surface area contributed by atoms with E-state index in [0.717, 1.165) is 22.5 Å². The second kappa shape index (κ2) is 8.60. The molecule has 1 heterocycles. The summed E-state index contributed by atoms with van der Waals surface area (Å²) in [4.78, 5) is 22.9. The van der Waals surface area contributed by atoms with Gasteiger partial charge in [-0.2, -0.15) is 5.10 Å². The van der Waals surface area contributed by atoms with Gasteiger partial charge in [0.15, 0.2) is 0 Å². The fourth-order valence-electron chi connectivity index (χ4n) is 3.30. The lowest BCUT2D eigenvalue weighted by atomic mass is 10.1. The number of aryl methyl sites for hydroxylation is 2. The number of carbonyl (C=O) groups excluding carboxylic acids is 1. The summed E-state index contributed by atoms with van der Waals surface area (Å²) in [5.41, 5.74) is 7.18. The summed E-state index contributed by atoms with van der Waals surface area (Å²) in [5, 5.41) is 15.1. The minimum absolute atomic E-state index is 0.0428. The molecule has 0 fully saturated rings. The van der Waals surface area contributed by atoms with E-state index in [4.69, 9.17) is 4.74 Å². The monoisotopic (exact) mass is 406 g/mol. The van der Waals surface area contributed by atoms with Gasteiger partial charge in [-0.15, -0.1) is 0 Å². The molecule has 3 aromatic rings. The first kappa shape index (κ1) is 20.8. The van der Waals surface area contributed by atoms with Gasteiger partial charge in [0.25, 0.3) is 11.6 Å². The number of non-ortho nitro benzene ring substituents is 1. The number of hydrogen-bond donors (Lipinski definition) is 1. The predicted octanol–water partition coefficient (Wildman–Crippen LogP) is 4.08. The van der Waals surface area contributed by atoms with Crippen molar-refractivity contribution in [3.63, 3.8) is 0 Å². The molecule has 2 aromatic carbocycles. The van der Waals surface area contributed by atoms with Crippen LogP contribution in [0.3, 0.4) is 0 Å². The number of carbonyl (C=O) groups is 1. The zero-order valence-corrected chi connectivity index (χ0v) is 17.2. The van der Waals surface area contributed by atoms with Gasteiger partial charge in [0.2, 0.25) is 0 Å². The number of nitro groups is 1. The molecule has 0 saturated heterocycles. The molecule has 0 aliphatic carbocycles. The zero-order valence-electron chi connectivity index (χ0n) is 17.2. The van der Waals surface area contributed by atoms with Crippen LogP contribution >= 0.6 is 0 Å². The maximum atomic E-state index is 12.3. The Bertz CT molecular complexity index is 1150. The van der Waals surface area contributed by atoms with Gasteiger partial charge in [-0.1, -0.05) is 18.2 Å². The van der Waals surface area contributed by atoms with E-state index in [2.05, 4.69) is 10.5 Å². The lowest BCUT2D eigenvalue weighted by molar-refractivity contribution is -0.384. The molecule has 1 amide bonds. The molecule has 0 radical (unpaired) electrons. The average Bonchev–Trinajstić information content (AvgIpc) is 3.00. The Kier molecular flexibility index (Phi) is 5.96. The smallest absolute Gasteiger partial charge is 0.273 e. The summed E-state index contributed by atoms with van der Waals surface area (Å²) < 4.78 is 7.29. The third kappa shape index (κ3) is 4.07. The van der Waals surface area contributed by atoms with Gasteiger partial charge >= 0.3 is 0 Å².